The lowest BCUT2D eigenvalue weighted by molar-refractivity contribution is 0.669. The summed E-state index contributed by atoms with van der Waals surface area (Å²) in [5, 5.41) is 4.08. The Labute approximate surface area is 208 Å². The average Bonchev–Trinajstić information content (AvgIpc) is 3.32. The maximum absolute atomic E-state index is 6.18. The molecule has 0 unspecified atom stereocenters. The fourth-order valence-corrected chi connectivity index (χ4v) is 4.75. The van der Waals surface area contributed by atoms with Gasteiger partial charge >= 0.3 is 0 Å². The highest BCUT2D eigenvalue weighted by Gasteiger charge is 2.17. The summed E-state index contributed by atoms with van der Waals surface area (Å²) in [4.78, 5) is 14.8. The molecular formula is C31H18BN3O. The van der Waals surface area contributed by atoms with Crippen molar-refractivity contribution >= 4 is 46.0 Å². The van der Waals surface area contributed by atoms with Crippen LogP contribution in [0.5, 0.6) is 0 Å². The molecule has 7 rings (SSSR count). The summed E-state index contributed by atoms with van der Waals surface area (Å²) in [5.41, 5.74) is 5.12. The standard InChI is InChI=1S/C31H18BN3O/c32-25-13-6-10-20-18-21(16-17-22(20)25)30-33-29(19-8-2-1-3-9-19)34-31(35-30)24-12-7-15-27-28(24)23-11-4-5-14-26(23)36-27/h1-18H. The molecule has 0 saturated heterocycles. The zero-order valence-electron chi connectivity index (χ0n) is 19.2. The van der Waals surface area contributed by atoms with Crippen molar-refractivity contribution in [2.75, 3.05) is 0 Å². The van der Waals surface area contributed by atoms with E-state index in [9.17, 15) is 0 Å². The number of hydrogen-bond donors (Lipinski definition) is 0. The van der Waals surface area contributed by atoms with Gasteiger partial charge in [0.05, 0.1) is 0 Å². The number of benzene rings is 5. The second kappa shape index (κ2) is 8.17. The van der Waals surface area contributed by atoms with Crippen LogP contribution in [0, 0.1) is 0 Å². The molecule has 166 valence electrons. The van der Waals surface area contributed by atoms with Gasteiger partial charge in [-0.2, -0.15) is 0 Å². The van der Waals surface area contributed by atoms with Crippen LogP contribution in [-0.4, -0.2) is 22.8 Å². The highest BCUT2D eigenvalue weighted by molar-refractivity contribution is 6.38. The smallest absolute Gasteiger partial charge is 0.164 e. The van der Waals surface area contributed by atoms with E-state index in [1.54, 1.807) is 0 Å². The van der Waals surface area contributed by atoms with Crippen LogP contribution in [0.15, 0.2) is 114 Å². The van der Waals surface area contributed by atoms with Crippen molar-refractivity contribution < 1.29 is 4.42 Å². The Balaban J connectivity index is 1.50. The SMILES string of the molecule is [B]c1cccc2cc(-c3nc(-c4ccccc4)nc(-c4cccc5oc6ccccc6c45)n3)ccc12. The van der Waals surface area contributed by atoms with Crippen LogP contribution in [0.25, 0.3) is 66.9 Å². The fourth-order valence-electron chi connectivity index (χ4n) is 4.75. The second-order valence-corrected chi connectivity index (χ2v) is 8.73. The number of para-hydroxylation sites is 1. The Morgan fingerprint density at radius 2 is 1.25 bits per heavy atom. The molecule has 0 spiro atoms. The van der Waals surface area contributed by atoms with Gasteiger partial charge in [-0.25, -0.2) is 15.0 Å². The van der Waals surface area contributed by atoms with Gasteiger partial charge < -0.3 is 4.42 Å². The summed E-state index contributed by atoms with van der Waals surface area (Å²) < 4.78 is 6.12. The zero-order chi connectivity index (χ0) is 24.1. The minimum atomic E-state index is 0.601. The molecule has 2 radical (unpaired) electrons. The third-order valence-corrected chi connectivity index (χ3v) is 6.48. The minimum Gasteiger partial charge on any atom is -0.456 e. The molecule has 0 amide bonds. The Hall–Kier alpha value is -4.77. The summed E-state index contributed by atoms with van der Waals surface area (Å²) >= 11 is 0. The van der Waals surface area contributed by atoms with Gasteiger partial charge in [0, 0.05) is 27.5 Å². The van der Waals surface area contributed by atoms with E-state index in [-0.39, 0.29) is 0 Å². The summed E-state index contributed by atoms with van der Waals surface area (Å²) in [6.07, 6.45) is 0. The largest absolute Gasteiger partial charge is 0.456 e. The molecule has 5 aromatic carbocycles. The number of rotatable bonds is 3. The molecule has 4 nitrogen and oxygen atoms in total. The van der Waals surface area contributed by atoms with Gasteiger partial charge in [0.25, 0.3) is 0 Å². The molecular weight excluding hydrogens is 441 g/mol. The molecule has 5 heteroatoms. The molecule has 2 heterocycles. The number of hydrogen-bond acceptors (Lipinski definition) is 4. The molecule has 2 aromatic heterocycles. The molecule has 0 atom stereocenters. The molecule has 0 aliphatic carbocycles. The Morgan fingerprint density at radius 1 is 0.528 bits per heavy atom. The van der Waals surface area contributed by atoms with Crippen molar-refractivity contribution in [1.82, 2.24) is 15.0 Å². The molecule has 0 N–H and O–H groups in total. The van der Waals surface area contributed by atoms with E-state index in [4.69, 9.17) is 27.2 Å². The Morgan fingerprint density at radius 3 is 2.14 bits per heavy atom. The van der Waals surface area contributed by atoms with Crippen molar-refractivity contribution in [2.24, 2.45) is 0 Å². The van der Waals surface area contributed by atoms with Crippen LogP contribution >= 0.6 is 0 Å². The second-order valence-electron chi connectivity index (χ2n) is 8.73. The van der Waals surface area contributed by atoms with Gasteiger partial charge in [-0.3, -0.25) is 0 Å². The van der Waals surface area contributed by atoms with E-state index >= 15 is 0 Å². The number of nitrogens with zero attached hydrogens (tertiary/aromatic N) is 3. The summed E-state index contributed by atoms with van der Waals surface area (Å²) in [7, 11) is 6.18. The summed E-state index contributed by atoms with van der Waals surface area (Å²) in [5.74, 6) is 1.82. The van der Waals surface area contributed by atoms with Gasteiger partial charge in [0.1, 0.15) is 19.0 Å². The average molecular weight is 459 g/mol. The van der Waals surface area contributed by atoms with Crippen LogP contribution in [0.1, 0.15) is 0 Å². The van der Waals surface area contributed by atoms with Crippen LogP contribution in [0.4, 0.5) is 0 Å². The lowest BCUT2D eigenvalue weighted by Gasteiger charge is -2.10. The van der Waals surface area contributed by atoms with E-state index in [2.05, 4.69) is 12.1 Å². The lowest BCUT2D eigenvalue weighted by atomic mass is 9.89. The van der Waals surface area contributed by atoms with Crippen LogP contribution < -0.4 is 5.46 Å². The lowest BCUT2D eigenvalue weighted by Crippen LogP contribution is -2.03. The maximum Gasteiger partial charge on any atom is 0.164 e. The maximum atomic E-state index is 6.18. The first kappa shape index (κ1) is 20.6. The van der Waals surface area contributed by atoms with Crippen molar-refractivity contribution in [3.05, 3.63) is 109 Å². The van der Waals surface area contributed by atoms with Gasteiger partial charge in [0.15, 0.2) is 17.5 Å². The molecule has 0 aliphatic rings. The van der Waals surface area contributed by atoms with Crippen molar-refractivity contribution in [2.45, 2.75) is 0 Å². The number of aromatic nitrogens is 3. The molecule has 0 fully saturated rings. The molecule has 36 heavy (non-hydrogen) atoms. The van der Waals surface area contributed by atoms with E-state index in [1.807, 2.05) is 97.1 Å². The quantitative estimate of drug-likeness (QED) is 0.275. The van der Waals surface area contributed by atoms with Gasteiger partial charge in [-0.1, -0.05) is 96.5 Å². The molecule has 0 saturated carbocycles. The highest BCUT2D eigenvalue weighted by atomic mass is 16.3. The first-order chi connectivity index (χ1) is 17.7. The van der Waals surface area contributed by atoms with Gasteiger partial charge in [-0.15, -0.1) is 0 Å². The third kappa shape index (κ3) is 3.36. The Kier molecular flexibility index (Phi) is 4.67. The van der Waals surface area contributed by atoms with Gasteiger partial charge in [-0.05, 0) is 29.0 Å². The van der Waals surface area contributed by atoms with Crippen LogP contribution in [-0.2, 0) is 0 Å². The molecule has 0 bridgehead atoms. The van der Waals surface area contributed by atoms with E-state index in [0.717, 1.165) is 54.9 Å². The van der Waals surface area contributed by atoms with E-state index < -0.39 is 0 Å². The minimum absolute atomic E-state index is 0.601. The molecule has 7 aromatic rings. The topological polar surface area (TPSA) is 51.8 Å². The van der Waals surface area contributed by atoms with Crippen molar-refractivity contribution in [1.29, 1.82) is 0 Å². The third-order valence-electron chi connectivity index (χ3n) is 6.48. The Bertz CT molecular complexity index is 1910. The van der Waals surface area contributed by atoms with E-state index in [1.165, 1.54) is 0 Å². The number of fused-ring (bicyclic) bond motifs is 4. The fraction of sp³-hybridized carbons (Fsp3) is 0. The van der Waals surface area contributed by atoms with Crippen molar-refractivity contribution in [3.63, 3.8) is 0 Å². The predicted octanol–water partition coefficient (Wildman–Crippen LogP) is 6.72. The van der Waals surface area contributed by atoms with Crippen LogP contribution in [0.2, 0.25) is 0 Å². The zero-order valence-corrected chi connectivity index (χ0v) is 19.2. The summed E-state index contributed by atoms with van der Waals surface area (Å²) in [6, 6.07) is 36.1. The highest BCUT2D eigenvalue weighted by Crippen LogP contribution is 2.36. The summed E-state index contributed by atoms with van der Waals surface area (Å²) in [6.45, 7) is 0. The van der Waals surface area contributed by atoms with Gasteiger partial charge in [0.2, 0.25) is 0 Å². The molecule has 0 aliphatic heterocycles. The van der Waals surface area contributed by atoms with Crippen molar-refractivity contribution in [3.8, 4) is 34.2 Å². The predicted molar refractivity (Wildman–Crippen MR) is 146 cm³/mol. The first-order valence-electron chi connectivity index (χ1n) is 11.8. The van der Waals surface area contributed by atoms with Crippen LogP contribution in [0.3, 0.4) is 0 Å². The monoisotopic (exact) mass is 459 g/mol. The number of furan rings is 1. The normalized spacial score (nSPS) is 11.4. The first-order valence-corrected chi connectivity index (χ1v) is 11.8. The van der Waals surface area contributed by atoms with E-state index in [0.29, 0.717) is 17.5 Å².